The van der Waals surface area contributed by atoms with Crippen LogP contribution in [0.2, 0.25) is 0 Å². The highest BCUT2D eigenvalue weighted by Crippen LogP contribution is 2.19. The van der Waals surface area contributed by atoms with Crippen molar-refractivity contribution in [2.75, 3.05) is 0 Å². The van der Waals surface area contributed by atoms with Crippen LogP contribution in [0.1, 0.15) is 26.3 Å². The van der Waals surface area contributed by atoms with E-state index in [2.05, 4.69) is 4.74 Å². The maximum Gasteiger partial charge on any atom is 0.387 e. The van der Waals surface area contributed by atoms with Gasteiger partial charge in [0.1, 0.15) is 5.75 Å². The number of hydrogen-bond donors (Lipinski definition) is 0. The molecule has 4 heteroatoms. The zero-order valence-electron chi connectivity index (χ0n) is 10.6. The van der Waals surface area contributed by atoms with E-state index < -0.39 is 6.61 Å². The molecule has 98 valence electrons. The molecule has 18 heavy (non-hydrogen) atoms. The van der Waals surface area contributed by atoms with E-state index in [4.69, 9.17) is 0 Å². The minimum absolute atomic E-state index is 0.0120. The molecule has 0 aromatic heterocycles. The zero-order valence-corrected chi connectivity index (χ0v) is 10.6. The molecule has 0 N–H and O–H groups in total. The molecule has 0 amide bonds. The van der Waals surface area contributed by atoms with Gasteiger partial charge in [0.05, 0.1) is 0 Å². The van der Waals surface area contributed by atoms with Crippen LogP contribution in [0.25, 0.3) is 6.08 Å². The second kappa shape index (κ2) is 6.28. The quantitative estimate of drug-likeness (QED) is 0.744. The molecule has 0 heterocycles. The summed E-state index contributed by atoms with van der Waals surface area (Å²) in [5.74, 6) is 0.244. The molecule has 0 fully saturated rings. The molecule has 0 aliphatic rings. The van der Waals surface area contributed by atoms with Crippen molar-refractivity contribution >= 4 is 11.9 Å². The van der Waals surface area contributed by atoms with Gasteiger partial charge in [0, 0.05) is 0 Å². The highest BCUT2D eigenvalue weighted by atomic mass is 19.3. The first-order valence-electron chi connectivity index (χ1n) is 5.67. The molecule has 0 unspecified atom stereocenters. The summed E-state index contributed by atoms with van der Waals surface area (Å²) in [6.45, 7) is 2.55. The molecule has 0 aliphatic carbocycles. The highest BCUT2D eigenvalue weighted by Gasteiger charge is 2.09. The fourth-order valence-corrected chi connectivity index (χ4v) is 1.60. The Morgan fingerprint density at radius 2 is 1.78 bits per heavy atom. The van der Waals surface area contributed by atoms with E-state index in [1.165, 1.54) is 19.1 Å². The molecule has 0 radical (unpaired) electrons. The fourth-order valence-electron chi connectivity index (χ4n) is 1.60. The summed E-state index contributed by atoms with van der Waals surface area (Å²) in [6.07, 6.45) is 1.76. The number of hydrogen-bond acceptors (Lipinski definition) is 2. The Morgan fingerprint density at radius 1 is 1.22 bits per heavy atom. The van der Waals surface area contributed by atoms with E-state index in [9.17, 15) is 13.6 Å². The first-order chi connectivity index (χ1) is 8.40. The topological polar surface area (TPSA) is 26.3 Å². The van der Waals surface area contributed by atoms with Crippen molar-refractivity contribution in [3.63, 3.8) is 0 Å². The van der Waals surface area contributed by atoms with Crippen molar-refractivity contribution in [1.29, 1.82) is 0 Å². The zero-order chi connectivity index (χ0) is 13.7. The Hall–Kier alpha value is -1.71. The van der Waals surface area contributed by atoms with Crippen molar-refractivity contribution < 1.29 is 18.3 Å². The van der Waals surface area contributed by atoms with Crippen molar-refractivity contribution in [1.82, 2.24) is 0 Å². The van der Waals surface area contributed by atoms with E-state index in [1.807, 2.05) is 13.8 Å². The maximum atomic E-state index is 12.0. The number of carbonyl (C=O) groups is 1. The van der Waals surface area contributed by atoms with Gasteiger partial charge in [0.2, 0.25) is 0 Å². The predicted octanol–water partition coefficient (Wildman–Crippen LogP) is 3.92. The van der Waals surface area contributed by atoms with Gasteiger partial charge in [-0.05, 0) is 42.2 Å². The van der Waals surface area contributed by atoms with Crippen LogP contribution >= 0.6 is 0 Å². The van der Waals surface area contributed by atoms with Crippen LogP contribution in [0.15, 0.2) is 29.8 Å². The highest BCUT2D eigenvalue weighted by molar-refractivity contribution is 5.98. The second-order valence-corrected chi connectivity index (χ2v) is 4.26. The van der Waals surface area contributed by atoms with Gasteiger partial charge < -0.3 is 4.74 Å². The number of rotatable bonds is 5. The molecule has 0 spiro atoms. The summed E-state index contributed by atoms with van der Waals surface area (Å²) in [7, 11) is 0. The molecule has 1 aromatic carbocycles. The largest absolute Gasteiger partial charge is 0.435 e. The molecular weight excluding hydrogens is 238 g/mol. The van der Waals surface area contributed by atoms with Crippen LogP contribution < -0.4 is 4.74 Å². The van der Waals surface area contributed by atoms with E-state index >= 15 is 0 Å². The molecular formula is C14H16F2O2. The van der Waals surface area contributed by atoms with Crippen LogP contribution in [0.3, 0.4) is 0 Å². The van der Waals surface area contributed by atoms with Gasteiger partial charge in [0.15, 0.2) is 5.78 Å². The summed E-state index contributed by atoms with van der Waals surface area (Å²) in [4.78, 5) is 11.4. The Kier molecular flexibility index (Phi) is 5.01. The summed E-state index contributed by atoms with van der Waals surface area (Å²) in [5, 5.41) is 0. The summed E-state index contributed by atoms with van der Waals surface area (Å²) in [6, 6.07) is 6.19. The summed E-state index contributed by atoms with van der Waals surface area (Å²) < 4.78 is 28.2. The van der Waals surface area contributed by atoms with Gasteiger partial charge in [-0.15, -0.1) is 0 Å². The smallest absolute Gasteiger partial charge is 0.387 e. The van der Waals surface area contributed by atoms with Gasteiger partial charge in [-0.1, -0.05) is 26.0 Å². The number of benzene rings is 1. The summed E-state index contributed by atoms with van der Waals surface area (Å²) >= 11 is 0. The number of carbonyl (C=O) groups excluding carboxylic acids is 1. The molecule has 1 aromatic rings. The van der Waals surface area contributed by atoms with Gasteiger partial charge in [-0.2, -0.15) is 8.78 Å². The van der Waals surface area contributed by atoms with Gasteiger partial charge in [-0.3, -0.25) is 4.79 Å². The number of ketones is 1. The Balaban J connectivity index is 2.91. The molecule has 2 nitrogen and oxygen atoms in total. The minimum atomic E-state index is -2.82. The van der Waals surface area contributed by atoms with Crippen LogP contribution in [-0.4, -0.2) is 12.4 Å². The average Bonchev–Trinajstić information content (AvgIpc) is 2.26. The van der Waals surface area contributed by atoms with E-state index in [0.29, 0.717) is 5.57 Å². The third kappa shape index (κ3) is 4.28. The lowest BCUT2D eigenvalue weighted by Gasteiger charge is -2.08. The lowest BCUT2D eigenvalue weighted by atomic mass is 9.97. The maximum absolute atomic E-state index is 12.0. The minimum Gasteiger partial charge on any atom is -0.435 e. The molecule has 0 aliphatic heterocycles. The standard InChI is InChI=1S/C14H16F2O2/c1-9(2)13(10(3)17)8-11-4-6-12(7-5-11)18-14(15)16/h4-9,14H,1-3H3/b13-8+. The summed E-state index contributed by atoms with van der Waals surface area (Å²) in [5.41, 5.74) is 1.49. The lowest BCUT2D eigenvalue weighted by Crippen LogP contribution is -2.04. The number of alkyl halides is 2. The first kappa shape index (κ1) is 14.4. The van der Waals surface area contributed by atoms with Crippen molar-refractivity contribution in [2.24, 2.45) is 5.92 Å². The Labute approximate surface area is 105 Å². The first-order valence-corrected chi connectivity index (χ1v) is 5.67. The van der Waals surface area contributed by atoms with E-state index in [0.717, 1.165) is 5.56 Å². The average molecular weight is 254 g/mol. The third-order valence-electron chi connectivity index (χ3n) is 2.46. The number of halogens is 2. The van der Waals surface area contributed by atoms with Gasteiger partial charge >= 0.3 is 6.61 Å². The van der Waals surface area contributed by atoms with Crippen molar-refractivity contribution in [3.8, 4) is 5.75 Å². The number of Topliss-reactive ketones (excluding diaryl/α,β-unsaturated/α-hetero) is 1. The molecule has 0 saturated carbocycles. The van der Waals surface area contributed by atoms with E-state index in [1.54, 1.807) is 18.2 Å². The van der Waals surface area contributed by atoms with Crippen molar-refractivity contribution in [3.05, 3.63) is 35.4 Å². The normalized spacial score (nSPS) is 12.1. The van der Waals surface area contributed by atoms with Gasteiger partial charge in [0.25, 0.3) is 0 Å². The van der Waals surface area contributed by atoms with Crippen LogP contribution in [0.5, 0.6) is 5.75 Å². The van der Waals surface area contributed by atoms with Crippen LogP contribution in [0, 0.1) is 5.92 Å². The number of ether oxygens (including phenoxy) is 1. The predicted molar refractivity (Wildman–Crippen MR) is 66.6 cm³/mol. The third-order valence-corrected chi connectivity index (χ3v) is 2.46. The Morgan fingerprint density at radius 3 is 2.17 bits per heavy atom. The fraction of sp³-hybridized carbons (Fsp3) is 0.357. The SMILES string of the molecule is CC(=O)/C(=C/c1ccc(OC(F)F)cc1)C(C)C. The number of allylic oxidation sites excluding steroid dienone is 1. The molecule has 0 atom stereocenters. The monoisotopic (exact) mass is 254 g/mol. The molecule has 0 bridgehead atoms. The van der Waals surface area contributed by atoms with Crippen molar-refractivity contribution in [2.45, 2.75) is 27.4 Å². The van der Waals surface area contributed by atoms with Crippen LogP contribution in [-0.2, 0) is 4.79 Å². The Bertz CT molecular complexity index is 434. The van der Waals surface area contributed by atoms with E-state index in [-0.39, 0.29) is 17.5 Å². The molecule has 0 saturated heterocycles. The van der Waals surface area contributed by atoms with Crippen LogP contribution in [0.4, 0.5) is 8.78 Å². The molecule has 1 rings (SSSR count). The second-order valence-electron chi connectivity index (χ2n) is 4.26. The van der Waals surface area contributed by atoms with Gasteiger partial charge in [-0.25, -0.2) is 0 Å². The lowest BCUT2D eigenvalue weighted by molar-refractivity contribution is -0.113.